The molecule has 1 heterocycles. The van der Waals surface area contributed by atoms with Gasteiger partial charge in [0.05, 0.1) is 7.11 Å². The van der Waals surface area contributed by atoms with Crippen molar-refractivity contribution >= 4 is 12.0 Å². The fourth-order valence-corrected chi connectivity index (χ4v) is 5.69. The van der Waals surface area contributed by atoms with Crippen molar-refractivity contribution in [1.29, 1.82) is 0 Å². The molecule has 1 aromatic heterocycles. The molecule has 200 valence electrons. The number of pyridine rings is 1. The number of hydrogen-bond donors (Lipinski definition) is 2. The highest BCUT2D eigenvalue weighted by Gasteiger charge is 2.34. The van der Waals surface area contributed by atoms with Crippen molar-refractivity contribution in [3.63, 3.8) is 0 Å². The third kappa shape index (κ3) is 7.46. The Morgan fingerprint density at radius 3 is 2.54 bits per heavy atom. The molecule has 2 amide bonds. The van der Waals surface area contributed by atoms with E-state index in [1.54, 1.807) is 13.3 Å². The van der Waals surface area contributed by atoms with Crippen LogP contribution in [0.25, 0.3) is 0 Å². The lowest BCUT2D eigenvalue weighted by atomic mass is 9.75. The zero-order valence-corrected chi connectivity index (χ0v) is 22.6. The number of ether oxygens (including phenoxy) is 2. The zero-order chi connectivity index (χ0) is 26.4. The van der Waals surface area contributed by atoms with Crippen molar-refractivity contribution in [2.24, 2.45) is 11.8 Å². The van der Waals surface area contributed by atoms with E-state index in [-0.39, 0.29) is 29.9 Å². The average Bonchev–Trinajstić information content (AvgIpc) is 2.88. The van der Waals surface area contributed by atoms with Crippen LogP contribution in [-0.4, -0.2) is 42.3 Å². The Bertz CT molecular complexity index is 1060. The normalized spacial score (nSPS) is 23.5. The Hall–Kier alpha value is -3.09. The van der Waals surface area contributed by atoms with E-state index in [9.17, 15) is 9.59 Å². The largest absolute Gasteiger partial charge is 0.497 e. The third-order valence-electron chi connectivity index (χ3n) is 7.62. The second-order valence-electron chi connectivity index (χ2n) is 11.5. The van der Waals surface area contributed by atoms with Crippen LogP contribution in [0.4, 0.5) is 4.79 Å². The number of methoxy groups -OCH3 is 1. The molecule has 0 bridgehead atoms. The summed E-state index contributed by atoms with van der Waals surface area (Å²) in [6, 6.07) is 10.5. The number of benzene rings is 1. The number of aromatic nitrogens is 1. The topological polar surface area (TPSA) is 89.6 Å². The van der Waals surface area contributed by atoms with E-state index in [4.69, 9.17) is 9.47 Å². The Morgan fingerprint density at radius 1 is 1.08 bits per heavy atom. The van der Waals surface area contributed by atoms with Crippen molar-refractivity contribution in [2.75, 3.05) is 13.7 Å². The van der Waals surface area contributed by atoms with Crippen LogP contribution in [0.1, 0.15) is 75.5 Å². The van der Waals surface area contributed by atoms with Crippen molar-refractivity contribution < 1.29 is 19.1 Å². The number of aryl methyl sites for hydroxylation is 1. The summed E-state index contributed by atoms with van der Waals surface area (Å²) in [6.07, 6.45) is 9.56. The fraction of sp³-hybridized carbons (Fsp3) is 0.567. The van der Waals surface area contributed by atoms with Gasteiger partial charge < -0.3 is 20.1 Å². The lowest BCUT2D eigenvalue weighted by Gasteiger charge is -2.36. The standard InChI is InChI=1S/C30H41N3O4/c1-30(2,3)37-29(35)32-19-20-7-9-22(10-8-20)28(34)33-27-14-11-23-17-24(36-4)12-13-25(23)26(27)16-21-6-5-15-31-18-21/h5-6,12-13,15,17-18,20,22,26-27H,7-11,14,16,19H2,1-4H3,(H,32,35)(H,33,34). The number of hydrogen-bond acceptors (Lipinski definition) is 5. The minimum absolute atomic E-state index is 0.0223. The van der Waals surface area contributed by atoms with Gasteiger partial charge in [-0.1, -0.05) is 12.1 Å². The summed E-state index contributed by atoms with van der Waals surface area (Å²) in [6.45, 7) is 6.18. The van der Waals surface area contributed by atoms with Gasteiger partial charge in [-0.25, -0.2) is 4.79 Å². The van der Waals surface area contributed by atoms with Gasteiger partial charge in [0.2, 0.25) is 5.91 Å². The number of alkyl carbamates (subject to hydrolysis) is 1. The predicted molar refractivity (Wildman–Crippen MR) is 144 cm³/mol. The van der Waals surface area contributed by atoms with Crippen molar-refractivity contribution in [3.8, 4) is 5.75 Å². The van der Waals surface area contributed by atoms with Crippen LogP contribution in [0, 0.1) is 11.8 Å². The second kappa shape index (κ2) is 12.0. The zero-order valence-electron chi connectivity index (χ0n) is 22.6. The van der Waals surface area contributed by atoms with Crippen LogP contribution in [0.3, 0.4) is 0 Å². The summed E-state index contributed by atoms with van der Waals surface area (Å²) in [5.74, 6) is 1.63. The first-order valence-electron chi connectivity index (χ1n) is 13.5. The van der Waals surface area contributed by atoms with Crippen LogP contribution >= 0.6 is 0 Å². The van der Waals surface area contributed by atoms with Crippen LogP contribution in [0.2, 0.25) is 0 Å². The molecule has 4 rings (SSSR count). The van der Waals surface area contributed by atoms with Crippen LogP contribution in [0.5, 0.6) is 5.75 Å². The lowest BCUT2D eigenvalue weighted by Crippen LogP contribution is -2.46. The van der Waals surface area contributed by atoms with Crippen LogP contribution in [0.15, 0.2) is 42.7 Å². The molecule has 2 aliphatic rings. The number of fused-ring (bicyclic) bond motifs is 1. The van der Waals surface area contributed by atoms with E-state index in [0.717, 1.165) is 50.7 Å². The smallest absolute Gasteiger partial charge is 0.407 e. The van der Waals surface area contributed by atoms with E-state index in [1.165, 1.54) is 16.7 Å². The Kier molecular flexibility index (Phi) is 8.72. The van der Waals surface area contributed by atoms with Crippen LogP contribution in [-0.2, 0) is 22.4 Å². The molecule has 2 atom stereocenters. The highest BCUT2D eigenvalue weighted by Crippen LogP contribution is 2.37. The van der Waals surface area contributed by atoms with E-state index >= 15 is 0 Å². The van der Waals surface area contributed by atoms with Gasteiger partial charge >= 0.3 is 6.09 Å². The van der Waals surface area contributed by atoms with Gasteiger partial charge in [0.1, 0.15) is 11.4 Å². The Labute approximate surface area is 220 Å². The predicted octanol–water partition coefficient (Wildman–Crippen LogP) is 5.18. The van der Waals surface area contributed by atoms with Gasteiger partial charge in [-0.05, 0) is 107 Å². The summed E-state index contributed by atoms with van der Waals surface area (Å²) in [4.78, 5) is 29.6. The van der Waals surface area contributed by atoms with Crippen molar-refractivity contribution in [2.45, 2.75) is 83.3 Å². The van der Waals surface area contributed by atoms with Crippen molar-refractivity contribution in [3.05, 3.63) is 59.4 Å². The number of rotatable bonds is 7. The SMILES string of the molecule is COc1ccc2c(c1)CCC(NC(=O)C1CCC(CNC(=O)OC(C)(C)C)CC1)C2Cc1cccnc1. The number of carbonyl (C=O) groups excluding carboxylic acids is 2. The molecule has 2 aromatic rings. The molecule has 0 spiro atoms. The van der Waals surface area contributed by atoms with E-state index in [0.29, 0.717) is 12.5 Å². The first kappa shape index (κ1) is 27.0. The highest BCUT2D eigenvalue weighted by atomic mass is 16.6. The molecular formula is C30H41N3O4. The van der Waals surface area contributed by atoms with Gasteiger partial charge in [0, 0.05) is 36.8 Å². The monoisotopic (exact) mass is 507 g/mol. The summed E-state index contributed by atoms with van der Waals surface area (Å²) < 4.78 is 10.8. The molecule has 1 fully saturated rings. The molecule has 2 N–H and O–H groups in total. The van der Waals surface area contributed by atoms with Gasteiger partial charge in [-0.2, -0.15) is 0 Å². The summed E-state index contributed by atoms with van der Waals surface area (Å²) in [5, 5.41) is 6.33. The van der Waals surface area contributed by atoms with E-state index in [1.807, 2.05) is 39.1 Å². The first-order valence-corrected chi connectivity index (χ1v) is 13.5. The second-order valence-corrected chi connectivity index (χ2v) is 11.5. The summed E-state index contributed by atoms with van der Waals surface area (Å²) >= 11 is 0. The number of nitrogens with zero attached hydrogens (tertiary/aromatic N) is 1. The molecule has 7 heteroatoms. The Balaban J connectivity index is 1.35. The maximum absolute atomic E-state index is 13.4. The molecule has 2 unspecified atom stereocenters. The van der Waals surface area contributed by atoms with Crippen LogP contribution < -0.4 is 15.4 Å². The molecule has 0 radical (unpaired) electrons. The maximum Gasteiger partial charge on any atom is 0.407 e. The van der Waals surface area contributed by atoms with Gasteiger partial charge in [-0.15, -0.1) is 0 Å². The Morgan fingerprint density at radius 2 is 1.86 bits per heavy atom. The molecular weight excluding hydrogens is 466 g/mol. The number of carbonyl (C=O) groups is 2. The molecule has 0 saturated heterocycles. The molecule has 2 aliphatic carbocycles. The lowest BCUT2D eigenvalue weighted by molar-refractivity contribution is -0.127. The minimum Gasteiger partial charge on any atom is -0.497 e. The fourth-order valence-electron chi connectivity index (χ4n) is 5.69. The van der Waals surface area contributed by atoms with Gasteiger partial charge in [0.25, 0.3) is 0 Å². The quantitative estimate of drug-likeness (QED) is 0.539. The third-order valence-corrected chi connectivity index (χ3v) is 7.62. The highest BCUT2D eigenvalue weighted by molar-refractivity contribution is 5.79. The number of amides is 2. The van der Waals surface area contributed by atoms with Gasteiger partial charge in [-0.3, -0.25) is 9.78 Å². The summed E-state index contributed by atoms with van der Waals surface area (Å²) in [7, 11) is 1.70. The maximum atomic E-state index is 13.4. The average molecular weight is 508 g/mol. The van der Waals surface area contributed by atoms with Crippen molar-refractivity contribution in [1.82, 2.24) is 15.6 Å². The molecule has 1 aromatic carbocycles. The molecule has 37 heavy (non-hydrogen) atoms. The van der Waals surface area contributed by atoms with E-state index < -0.39 is 5.60 Å². The van der Waals surface area contributed by atoms with E-state index in [2.05, 4.69) is 33.8 Å². The number of nitrogens with one attached hydrogen (secondary N) is 2. The van der Waals surface area contributed by atoms with Gasteiger partial charge in [0.15, 0.2) is 0 Å². The first-order chi connectivity index (χ1) is 17.7. The molecule has 0 aliphatic heterocycles. The minimum atomic E-state index is -0.500. The summed E-state index contributed by atoms with van der Waals surface area (Å²) in [5.41, 5.74) is 3.27. The molecule has 1 saturated carbocycles. The molecule has 7 nitrogen and oxygen atoms in total.